The van der Waals surface area contributed by atoms with E-state index in [1.165, 1.54) is 19.3 Å². The van der Waals surface area contributed by atoms with Gasteiger partial charge in [0.15, 0.2) is 0 Å². The number of carbonyl (C=O) groups is 2. The number of amides is 2. The fourth-order valence-electron chi connectivity index (χ4n) is 5.23. The summed E-state index contributed by atoms with van der Waals surface area (Å²) >= 11 is 0. The van der Waals surface area contributed by atoms with Gasteiger partial charge in [-0.2, -0.15) is 0 Å². The fourth-order valence-corrected chi connectivity index (χ4v) is 5.23. The van der Waals surface area contributed by atoms with Gasteiger partial charge in [0.05, 0.1) is 0 Å². The number of para-hydroxylation sites is 1. The Morgan fingerprint density at radius 3 is 2.69 bits per heavy atom. The molecule has 0 spiro atoms. The third-order valence-corrected chi connectivity index (χ3v) is 6.54. The first kappa shape index (κ1) is 17.5. The van der Waals surface area contributed by atoms with Crippen molar-refractivity contribution < 1.29 is 9.59 Å². The number of benzene rings is 1. The lowest BCUT2D eigenvalue weighted by molar-refractivity contribution is -0.124. The molecule has 5 nitrogen and oxygen atoms in total. The van der Waals surface area contributed by atoms with E-state index in [2.05, 4.69) is 10.6 Å². The number of hydrogen-bond donors (Lipinski definition) is 3. The molecule has 3 aliphatic rings. The van der Waals surface area contributed by atoms with Crippen LogP contribution in [0.25, 0.3) is 0 Å². The quantitative estimate of drug-likeness (QED) is 0.776. The molecule has 1 aromatic carbocycles. The van der Waals surface area contributed by atoms with Crippen molar-refractivity contribution in [3.63, 3.8) is 0 Å². The molecule has 1 aromatic rings. The van der Waals surface area contributed by atoms with Crippen LogP contribution >= 0.6 is 0 Å². The molecule has 2 amide bonds. The van der Waals surface area contributed by atoms with Crippen LogP contribution in [0.3, 0.4) is 0 Å². The molecule has 140 valence electrons. The highest BCUT2D eigenvalue weighted by Crippen LogP contribution is 2.39. The van der Waals surface area contributed by atoms with Crippen LogP contribution in [0, 0.1) is 17.8 Å². The molecule has 2 fully saturated rings. The lowest BCUT2D eigenvalue weighted by atomic mass is 9.67. The third-order valence-electron chi connectivity index (χ3n) is 6.54. The van der Waals surface area contributed by atoms with E-state index in [9.17, 15) is 9.59 Å². The minimum atomic E-state index is -0.116. The molecular formula is C21H29N3O2. The first-order chi connectivity index (χ1) is 12.6. The van der Waals surface area contributed by atoms with Crippen molar-refractivity contribution in [3.05, 3.63) is 29.8 Å². The van der Waals surface area contributed by atoms with Crippen molar-refractivity contribution in [2.45, 2.75) is 63.5 Å². The minimum Gasteiger partial charge on any atom is -0.353 e. The highest BCUT2D eigenvalue weighted by Gasteiger charge is 2.40. The molecule has 0 saturated heterocycles. The van der Waals surface area contributed by atoms with Gasteiger partial charge in [0.2, 0.25) is 11.8 Å². The lowest BCUT2D eigenvalue weighted by Gasteiger charge is -2.45. The Bertz CT molecular complexity index is 676. The van der Waals surface area contributed by atoms with Gasteiger partial charge in [0.1, 0.15) is 0 Å². The molecule has 1 aliphatic heterocycles. The van der Waals surface area contributed by atoms with Crippen molar-refractivity contribution in [2.24, 2.45) is 23.5 Å². The molecule has 2 aliphatic carbocycles. The molecular weight excluding hydrogens is 326 g/mol. The summed E-state index contributed by atoms with van der Waals surface area (Å²) in [6, 6.07) is 8.49. The molecule has 5 heteroatoms. The predicted octanol–water partition coefficient (Wildman–Crippen LogP) is 2.60. The smallest absolute Gasteiger partial charge is 0.227 e. The average Bonchev–Trinajstić information content (AvgIpc) is 2.60. The number of fused-ring (bicyclic) bond motifs is 3. The summed E-state index contributed by atoms with van der Waals surface area (Å²) in [5.41, 5.74) is 8.24. The average molecular weight is 355 g/mol. The fraction of sp³-hybridized carbons (Fsp3) is 0.619. The SMILES string of the molecule is NC1CC2CCCC(C1)C2NC(=O)CCC1Cc2ccccc2NC1=O. The zero-order valence-electron chi connectivity index (χ0n) is 15.2. The van der Waals surface area contributed by atoms with Crippen LogP contribution in [0.2, 0.25) is 0 Å². The molecule has 3 unspecified atom stereocenters. The molecule has 1 heterocycles. The van der Waals surface area contributed by atoms with E-state index in [1.54, 1.807) is 0 Å². The molecule has 0 radical (unpaired) electrons. The zero-order valence-corrected chi connectivity index (χ0v) is 15.2. The van der Waals surface area contributed by atoms with Crippen LogP contribution in [0.15, 0.2) is 24.3 Å². The maximum absolute atomic E-state index is 12.5. The second-order valence-electron chi connectivity index (χ2n) is 8.36. The Balaban J connectivity index is 1.31. The van der Waals surface area contributed by atoms with Crippen molar-refractivity contribution in [1.82, 2.24) is 5.32 Å². The van der Waals surface area contributed by atoms with Crippen molar-refractivity contribution in [3.8, 4) is 0 Å². The Morgan fingerprint density at radius 1 is 1.19 bits per heavy atom. The molecule has 0 aromatic heterocycles. The summed E-state index contributed by atoms with van der Waals surface area (Å²) in [6.07, 6.45) is 7.42. The van der Waals surface area contributed by atoms with Crippen LogP contribution < -0.4 is 16.4 Å². The Labute approximate surface area is 155 Å². The van der Waals surface area contributed by atoms with Gasteiger partial charge in [-0.25, -0.2) is 0 Å². The van der Waals surface area contributed by atoms with Crippen molar-refractivity contribution in [1.29, 1.82) is 0 Å². The predicted molar refractivity (Wildman–Crippen MR) is 101 cm³/mol. The molecule has 4 rings (SSSR count). The van der Waals surface area contributed by atoms with Gasteiger partial charge in [-0.3, -0.25) is 9.59 Å². The van der Waals surface area contributed by atoms with E-state index < -0.39 is 0 Å². The maximum atomic E-state index is 12.5. The highest BCUT2D eigenvalue weighted by molar-refractivity contribution is 5.96. The third kappa shape index (κ3) is 3.63. The van der Waals surface area contributed by atoms with Gasteiger partial charge >= 0.3 is 0 Å². The summed E-state index contributed by atoms with van der Waals surface area (Å²) < 4.78 is 0. The molecule has 4 N–H and O–H groups in total. The van der Waals surface area contributed by atoms with Gasteiger partial charge in [0, 0.05) is 30.1 Å². The first-order valence-electron chi connectivity index (χ1n) is 10.0. The van der Waals surface area contributed by atoms with Crippen LogP contribution in [-0.4, -0.2) is 23.9 Å². The summed E-state index contributed by atoms with van der Waals surface area (Å²) in [5, 5.41) is 6.26. The molecule has 2 bridgehead atoms. The van der Waals surface area contributed by atoms with Crippen LogP contribution in [0.4, 0.5) is 5.69 Å². The van der Waals surface area contributed by atoms with Crippen LogP contribution in [0.1, 0.15) is 50.5 Å². The van der Waals surface area contributed by atoms with Crippen LogP contribution in [0.5, 0.6) is 0 Å². The van der Waals surface area contributed by atoms with Gasteiger partial charge in [-0.1, -0.05) is 24.6 Å². The number of nitrogens with one attached hydrogen (secondary N) is 2. The van der Waals surface area contributed by atoms with E-state index in [0.717, 1.165) is 30.5 Å². The zero-order chi connectivity index (χ0) is 18.1. The summed E-state index contributed by atoms with van der Waals surface area (Å²) in [4.78, 5) is 24.8. The Hall–Kier alpha value is -1.88. The number of rotatable bonds is 4. The van der Waals surface area contributed by atoms with E-state index in [-0.39, 0.29) is 23.8 Å². The number of hydrogen-bond acceptors (Lipinski definition) is 3. The van der Waals surface area contributed by atoms with E-state index in [4.69, 9.17) is 5.73 Å². The number of carbonyl (C=O) groups excluding carboxylic acids is 2. The molecule has 3 atom stereocenters. The Kier molecular flexibility index (Phi) is 4.98. The second-order valence-corrected chi connectivity index (χ2v) is 8.36. The Morgan fingerprint density at radius 2 is 1.92 bits per heavy atom. The van der Waals surface area contributed by atoms with Gasteiger partial charge in [-0.15, -0.1) is 0 Å². The van der Waals surface area contributed by atoms with E-state index >= 15 is 0 Å². The standard InChI is InChI=1S/C21H29N3O2/c22-17-11-14-5-3-6-15(12-17)20(14)24-19(25)9-8-16-10-13-4-1-2-7-18(13)23-21(16)26/h1-2,4,7,14-17,20H,3,5-6,8-12,22H2,(H,23,26)(H,24,25). The summed E-state index contributed by atoms with van der Waals surface area (Å²) in [6.45, 7) is 0. The number of nitrogens with two attached hydrogens (primary N) is 1. The van der Waals surface area contributed by atoms with Gasteiger partial charge in [-0.05, 0) is 62.0 Å². The normalized spacial score (nSPS) is 33.1. The van der Waals surface area contributed by atoms with Crippen molar-refractivity contribution >= 4 is 17.5 Å². The van der Waals surface area contributed by atoms with Crippen molar-refractivity contribution in [2.75, 3.05) is 5.32 Å². The van der Waals surface area contributed by atoms with E-state index in [0.29, 0.717) is 30.7 Å². The number of anilines is 1. The maximum Gasteiger partial charge on any atom is 0.227 e. The minimum absolute atomic E-state index is 0.0389. The summed E-state index contributed by atoms with van der Waals surface area (Å²) in [5.74, 6) is 1.08. The topological polar surface area (TPSA) is 84.2 Å². The van der Waals surface area contributed by atoms with Gasteiger partial charge < -0.3 is 16.4 Å². The monoisotopic (exact) mass is 355 g/mol. The lowest BCUT2D eigenvalue weighted by Crippen LogP contribution is -2.53. The first-order valence-corrected chi connectivity index (χ1v) is 10.0. The summed E-state index contributed by atoms with van der Waals surface area (Å²) in [7, 11) is 0. The molecule has 2 saturated carbocycles. The largest absolute Gasteiger partial charge is 0.353 e. The highest BCUT2D eigenvalue weighted by atomic mass is 16.2. The second kappa shape index (κ2) is 7.39. The van der Waals surface area contributed by atoms with Gasteiger partial charge in [0.25, 0.3) is 0 Å². The molecule has 26 heavy (non-hydrogen) atoms. The van der Waals surface area contributed by atoms with E-state index in [1.807, 2.05) is 24.3 Å². The van der Waals surface area contributed by atoms with Crippen LogP contribution in [-0.2, 0) is 16.0 Å².